The van der Waals surface area contributed by atoms with Crippen LogP contribution in [0, 0.1) is 10.1 Å². The first-order chi connectivity index (χ1) is 11.0. The maximum absolute atomic E-state index is 11.3. The number of nitrogens with zero attached hydrogens (tertiary/aromatic N) is 1. The third-order valence-corrected chi connectivity index (χ3v) is 2.89. The van der Waals surface area contributed by atoms with Gasteiger partial charge in [-0.15, -0.1) is 0 Å². The van der Waals surface area contributed by atoms with E-state index >= 15 is 0 Å². The van der Waals surface area contributed by atoms with Gasteiger partial charge in [0.2, 0.25) is 0 Å². The molecule has 0 saturated carbocycles. The number of nitro benzene ring substituents is 1. The van der Waals surface area contributed by atoms with Gasteiger partial charge >= 0.3 is 5.97 Å². The molecule has 0 bridgehead atoms. The number of rotatable bonds is 10. The molecule has 1 aromatic carbocycles. The van der Waals surface area contributed by atoms with Crippen LogP contribution in [0.5, 0.6) is 5.75 Å². The minimum Gasteiger partial charge on any atom is -0.493 e. The number of esters is 1. The maximum atomic E-state index is 11.3. The fraction of sp³-hybridized carbons (Fsp3) is 0.438. The van der Waals surface area contributed by atoms with Crippen LogP contribution in [-0.2, 0) is 9.53 Å². The third kappa shape index (κ3) is 7.96. The maximum Gasteiger partial charge on any atom is 0.309 e. The number of aliphatic hydroxyl groups excluding tert-OH is 1. The van der Waals surface area contributed by atoms with Crippen molar-refractivity contribution in [2.75, 3.05) is 13.2 Å². The molecule has 0 fully saturated rings. The van der Waals surface area contributed by atoms with Crippen LogP contribution in [0.3, 0.4) is 0 Å². The van der Waals surface area contributed by atoms with Crippen molar-refractivity contribution in [1.29, 1.82) is 0 Å². The molecule has 126 valence electrons. The van der Waals surface area contributed by atoms with E-state index in [0.29, 0.717) is 5.75 Å². The number of allylic oxidation sites excluding steroid dienone is 1. The van der Waals surface area contributed by atoms with Crippen LogP contribution in [0.25, 0.3) is 0 Å². The Morgan fingerprint density at radius 3 is 2.65 bits per heavy atom. The summed E-state index contributed by atoms with van der Waals surface area (Å²) in [5, 5.41) is 20.2. The van der Waals surface area contributed by atoms with Crippen molar-refractivity contribution >= 4 is 11.7 Å². The molecule has 0 aromatic heterocycles. The third-order valence-electron chi connectivity index (χ3n) is 2.89. The largest absolute Gasteiger partial charge is 0.493 e. The predicted octanol–water partition coefficient (Wildman–Crippen LogP) is 2.62. The van der Waals surface area contributed by atoms with Gasteiger partial charge in [0.1, 0.15) is 12.4 Å². The van der Waals surface area contributed by atoms with E-state index in [-0.39, 0.29) is 37.7 Å². The van der Waals surface area contributed by atoms with Gasteiger partial charge in [0.05, 0.1) is 24.1 Å². The van der Waals surface area contributed by atoms with Crippen LogP contribution in [0.15, 0.2) is 36.4 Å². The molecule has 1 N–H and O–H groups in total. The molecule has 1 unspecified atom stereocenters. The highest BCUT2D eigenvalue weighted by atomic mass is 16.6. The van der Waals surface area contributed by atoms with E-state index in [2.05, 4.69) is 0 Å². The van der Waals surface area contributed by atoms with Gasteiger partial charge in [0.25, 0.3) is 5.69 Å². The number of ether oxygens (including phenoxy) is 2. The van der Waals surface area contributed by atoms with Gasteiger partial charge in [-0.3, -0.25) is 14.9 Å². The molecule has 0 spiro atoms. The first-order valence-electron chi connectivity index (χ1n) is 7.39. The number of carbonyl (C=O) groups excluding carboxylic acids is 1. The second-order valence-corrected chi connectivity index (χ2v) is 4.81. The summed E-state index contributed by atoms with van der Waals surface area (Å²) in [5.74, 6) is 0.0922. The summed E-state index contributed by atoms with van der Waals surface area (Å²) in [6.07, 6.45) is 4.12. The van der Waals surface area contributed by atoms with Gasteiger partial charge in [-0.2, -0.15) is 0 Å². The number of hydrogen-bond donors (Lipinski definition) is 1. The van der Waals surface area contributed by atoms with E-state index < -0.39 is 11.0 Å². The van der Waals surface area contributed by atoms with Crippen LogP contribution < -0.4 is 4.74 Å². The first-order valence-corrected chi connectivity index (χ1v) is 7.39. The smallest absolute Gasteiger partial charge is 0.309 e. The molecule has 0 radical (unpaired) electrons. The molecule has 23 heavy (non-hydrogen) atoms. The standard InChI is InChI=1S/C16H21NO6/c1-2-3-4-5-16(19)23-12-14(18)10-11-22-15-8-6-13(7-9-15)17(20)21/h3-4,6-9,14,18H,2,5,10-12H2,1H3. The lowest BCUT2D eigenvalue weighted by atomic mass is 10.3. The van der Waals surface area contributed by atoms with E-state index in [1.54, 1.807) is 6.08 Å². The fourth-order valence-electron chi connectivity index (χ4n) is 1.65. The lowest BCUT2D eigenvalue weighted by molar-refractivity contribution is -0.384. The number of benzene rings is 1. The summed E-state index contributed by atoms with van der Waals surface area (Å²) in [5.41, 5.74) is -0.0126. The van der Waals surface area contributed by atoms with Crippen molar-refractivity contribution < 1.29 is 24.3 Å². The van der Waals surface area contributed by atoms with Crippen LogP contribution >= 0.6 is 0 Å². The lowest BCUT2D eigenvalue weighted by Crippen LogP contribution is -2.20. The highest BCUT2D eigenvalue weighted by Gasteiger charge is 2.09. The summed E-state index contributed by atoms with van der Waals surface area (Å²) in [7, 11) is 0. The molecule has 0 heterocycles. The Kier molecular flexibility index (Phi) is 8.38. The number of hydrogen-bond acceptors (Lipinski definition) is 6. The van der Waals surface area contributed by atoms with Crippen molar-refractivity contribution in [3.05, 3.63) is 46.5 Å². The summed E-state index contributed by atoms with van der Waals surface area (Å²) in [4.78, 5) is 21.4. The SMILES string of the molecule is CCC=CCC(=O)OCC(O)CCOc1ccc([N+](=O)[O-])cc1. The Balaban J connectivity index is 2.20. The normalized spacial score (nSPS) is 12.1. The molecule has 7 nitrogen and oxygen atoms in total. The van der Waals surface area contributed by atoms with Gasteiger partial charge in [-0.25, -0.2) is 0 Å². The second kappa shape index (κ2) is 10.3. The van der Waals surface area contributed by atoms with E-state index in [4.69, 9.17) is 9.47 Å². The molecule has 1 aromatic rings. The molecule has 1 atom stereocenters. The zero-order chi connectivity index (χ0) is 17.1. The Bertz CT molecular complexity index is 526. The summed E-state index contributed by atoms with van der Waals surface area (Å²) >= 11 is 0. The van der Waals surface area contributed by atoms with Crippen molar-refractivity contribution in [3.8, 4) is 5.75 Å². The average Bonchev–Trinajstić information content (AvgIpc) is 2.53. The fourth-order valence-corrected chi connectivity index (χ4v) is 1.65. The van der Waals surface area contributed by atoms with Gasteiger partial charge in [-0.05, 0) is 18.6 Å². The summed E-state index contributed by atoms with van der Waals surface area (Å²) in [6.45, 7) is 2.10. The number of non-ortho nitro benzene ring substituents is 1. The van der Waals surface area contributed by atoms with E-state index in [1.807, 2.05) is 13.0 Å². The van der Waals surface area contributed by atoms with Gasteiger partial charge in [0, 0.05) is 18.6 Å². The molecule has 0 saturated heterocycles. The zero-order valence-electron chi connectivity index (χ0n) is 13.0. The molecule has 0 aliphatic heterocycles. The van der Waals surface area contributed by atoms with Gasteiger partial charge in [-0.1, -0.05) is 19.1 Å². The molecule has 0 amide bonds. The molecular weight excluding hydrogens is 302 g/mol. The van der Waals surface area contributed by atoms with Crippen LogP contribution in [0.4, 0.5) is 5.69 Å². The highest BCUT2D eigenvalue weighted by Crippen LogP contribution is 2.17. The Morgan fingerprint density at radius 1 is 1.35 bits per heavy atom. The van der Waals surface area contributed by atoms with Crippen LogP contribution in [-0.4, -0.2) is 35.3 Å². The second-order valence-electron chi connectivity index (χ2n) is 4.81. The quantitative estimate of drug-likeness (QED) is 0.307. The Morgan fingerprint density at radius 2 is 2.04 bits per heavy atom. The Labute approximate surface area is 134 Å². The molecule has 7 heteroatoms. The minimum absolute atomic E-state index is 0.0126. The van der Waals surface area contributed by atoms with Gasteiger partial charge in [0.15, 0.2) is 0 Å². The predicted molar refractivity (Wildman–Crippen MR) is 84.2 cm³/mol. The number of aliphatic hydroxyl groups is 1. The van der Waals surface area contributed by atoms with Crippen LogP contribution in [0.2, 0.25) is 0 Å². The lowest BCUT2D eigenvalue weighted by Gasteiger charge is -2.12. The van der Waals surface area contributed by atoms with E-state index in [0.717, 1.165) is 6.42 Å². The van der Waals surface area contributed by atoms with E-state index in [9.17, 15) is 20.0 Å². The van der Waals surface area contributed by atoms with Gasteiger partial charge < -0.3 is 14.6 Å². The zero-order valence-corrected chi connectivity index (χ0v) is 13.0. The van der Waals surface area contributed by atoms with Crippen molar-refractivity contribution in [3.63, 3.8) is 0 Å². The van der Waals surface area contributed by atoms with E-state index in [1.165, 1.54) is 24.3 Å². The molecule has 0 aliphatic rings. The molecular formula is C16H21NO6. The van der Waals surface area contributed by atoms with Crippen LogP contribution in [0.1, 0.15) is 26.2 Å². The topological polar surface area (TPSA) is 98.9 Å². The van der Waals surface area contributed by atoms with Crippen molar-refractivity contribution in [2.45, 2.75) is 32.3 Å². The highest BCUT2D eigenvalue weighted by molar-refractivity contribution is 5.71. The molecule has 0 aliphatic carbocycles. The Hall–Kier alpha value is -2.41. The molecule has 1 rings (SSSR count). The first kappa shape index (κ1) is 18.6. The summed E-state index contributed by atoms with van der Waals surface area (Å²) < 4.78 is 10.3. The summed E-state index contributed by atoms with van der Waals surface area (Å²) in [6, 6.07) is 5.67. The number of nitro groups is 1. The van der Waals surface area contributed by atoms with Crippen molar-refractivity contribution in [2.24, 2.45) is 0 Å². The monoisotopic (exact) mass is 323 g/mol. The minimum atomic E-state index is -0.813. The number of carbonyl (C=O) groups is 1. The average molecular weight is 323 g/mol. The van der Waals surface area contributed by atoms with Crippen molar-refractivity contribution in [1.82, 2.24) is 0 Å².